The Morgan fingerprint density at radius 2 is 1.85 bits per heavy atom. The van der Waals surface area contributed by atoms with E-state index in [1.165, 1.54) is 17.7 Å². The van der Waals surface area contributed by atoms with Crippen molar-refractivity contribution >= 4 is 34.9 Å². The molecule has 0 atom stereocenters. The summed E-state index contributed by atoms with van der Waals surface area (Å²) in [7, 11) is 0. The summed E-state index contributed by atoms with van der Waals surface area (Å²) in [6, 6.07) is 9.29. The molecule has 0 unspecified atom stereocenters. The first-order valence-electron chi connectivity index (χ1n) is 8.47. The van der Waals surface area contributed by atoms with Crippen molar-refractivity contribution in [1.82, 2.24) is 0 Å². The Bertz CT molecular complexity index is 913. The fourth-order valence-corrected chi connectivity index (χ4v) is 3.19. The van der Waals surface area contributed by atoms with E-state index >= 15 is 0 Å². The second-order valence-corrected chi connectivity index (χ2v) is 6.67. The molecule has 0 bridgehead atoms. The van der Waals surface area contributed by atoms with Crippen molar-refractivity contribution in [2.24, 2.45) is 0 Å². The van der Waals surface area contributed by atoms with E-state index in [1.807, 2.05) is 6.07 Å². The summed E-state index contributed by atoms with van der Waals surface area (Å²) >= 11 is 5.73. The molecule has 1 N–H and O–H groups in total. The number of benzene rings is 2. The van der Waals surface area contributed by atoms with Crippen molar-refractivity contribution in [2.75, 3.05) is 11.9 Å². The van der Waals surface area contributed by atoms with Crippen LogP contribution in [0.4, 0.5) is 11.4 Å². The second-order valence-electron chi connectivity index (χ2n) is 6.23. The van der Waals surface area contributed by atoms with Crippen LogP contribution in [-0.4, -0.2) is 23.4 Å². The van der Waals surface area contributed by atoms with E-state index in [-0.39, 0.29) is 16.4 Å². The van der Waals surface area contributed by atoms with Crippen LogP contribution in [0.15, 0.2) is 36.4 Å². The van der Waals surface area contributed by atoms with Gasteiger partial charge in [0.25, 0.3) is 11.6 Å². The smallest absolute Gasteiger partial charge is 0.338 e. The Morgan fingerprint density at radius 1 is 1.11 bits per heavy atom. The third-order valence-corrected chi connectivity index (χ3v) is 4.58. The van der Waals surface area contributed by atoms with E-state index in [2.05, 4.69) is 5.32 Å². The Hall–Kier alpha value is -2.93. The van der Waals surface area contributed by atoms with Gasteiger partial charge in [-0.3, -0.25) is 14.9 Å². The summed E-state index contributed by atoms with van der Waals surface area (Å²) in [5.41, 5.74) is 2.42. The van der Waals surface area contributed by atoms with Crippen molar-refractivity contribution < 1.29 is 19.2 Å². The summed E-state index contributed by atoms with van der Waals surface area (Å²) in [5.74, 6) is -1.28. The average molecular weight is 389 g/mol. The lowest BCUT2D eigenvalue weighted by molar-refractivity contribution is -0.383. The molecule has 2 aromatic rings. The molecule has 0 fully saturated rings. The van der Waals surface area contributed by atoms with Gasteiger partial charge in [-0.25, -0.2) is 4.79 Å². The average Bonchev–Trinajstić information content (AvgIpc) is 2.67. The molecule has 27 heavy (non-hydrogen) atoms. The number of nitrogens with one attached hydrogen (secondary N) is 1. The van der Waals surface area contributed by atoms with Crippen molar-refractivity contribution in [3.63, 3.8) is 0 Å². The molecule has 7 nitrogen and oxygen atoms in total. The first kappa shape index (κ1) is 18.8. The van der Waals surface area contributed by atoms with Gasteiger partial charge in [0.05, 0.1) is 10.5 Å². The minimum absolute atomic E-state index is 0.0146. The molecule has 1 aliphatic carbocycles. The number of fused-ring (bicyclic) bond motifs is 1. The summed E-state index contributed by atoms with van der Waals surface area (Å²) in [5, 5.41) is 13.6. The number of carbonyl (C=O) groups is 2. The normalized spacial score (nSPS) is 12.8. The van der Waals surface area contributed by atoms with Crippen LogP contribution < -0.4 is 5.32 Å². The number of hydrogen-bond donors (Lipinski definition) is 1. The van der Waals surface area contributed by atoms with E-state index in [4.69, 9.17) is 16.3 Å². The van der Waals surface area contributed by atoms with Crippen LogP contribution in [0.25, 0.3) is 0 Å². The highest BCUT2D eigenvalue weighted by Gasteiger charge is 2.18. The number of aryl methyl sites for hydroxylation is 2. The molecule has 1 aliphatic rings. The molecule has 0 aromatic heterocycles. The van der Waals surface area contributed by atoms with Crippen LogP contribution >= 0.6 is 11.6 Å². The number of amides is 1. The molecule has 0 aliphatic heterocycles. The van der Waals surface area contributed by atoms with Crippen LogP contribution in [0.2, 0.25) is 5.02 Å². The highest BCUT2D eigenvalue weighted by atomic mass is 35.5. The summed E-state index contributed by atoms with van der Waals surface area (Å²) in [4.78, 5) is 34.6. The highest BCUT2D eigenvalue weighted by Crippen LogP contribution is 2.27. The fourth-order valence-electron chi connectivity index (χ4n) is 3.02. The summed E-state index contributed by atoms with van der Waals surface area (Å²) in [6.45, 7) is -0.546. The number of nitro benzene ring substituents is 1. The largest absolute Gasteiger partial charge is 0.452 e. The second kappa shape index (κ2) is 8.18. The number of ether oxygens (including phenoxy) is 1. The molecule has 140 valence electrons. The lowest BCUT2D eigenvalue weighted by atomic mass is 9.90. The number of rotatable bonds is 5. The van der Waals surface area contributed by atoms with E-state index in [0.717, 1.165) is 37.3 Å². The van der Waals surface area contributed by atoms with Crippen LogP contribution in [0.3, 0.4) is 0 Å². The molecule has 3 rings (SSSR count). The predicted octanol–water partition coefficient (Wildman–Crippen LogP) is 3.92. The topological polar surface area (TPSA) is 98.5 Å². The van der Waals surface area contributed by atoms with E-state index in [0.29, 0.717) is 5.56 Å². The van der Waals surface area contributed by atoms with Gasteiger partial charge < -0.3 is 10.1 Å². The van der Waals surface area contributed by atoms with Crippen LogP contribution in [0, 0.1) is 10.1 Å². The third-order valence-electron chi connectivity index (χ3n) is 4.35. The zero-order valence-corrected chi connectivity index (χ0v) is 15.1. The molecule has 0 radical (unpaired) electrons. The highest BCUT2D eigenvalue weighted by molar-refractivity contribution is 6.31. The number of nitrogens with zero attached hydrogens (tertiary/aromatic N) is 1. The number of halogens is 1. The number of esters is 1. The van der Waals surface area contributed by atoms with Crippen LogP contribution in [0.1, 0.15) is 34.3 Å². The third kappa shape index (κ3) is 4.62. The lowest BCUT2D eigenvalue weighted by Gasteiger charge is -2.16. The Balaban J connectivity index is 1.61. The minimum atomic E-state index is -0.674. The maximum Gasteiger partial charge on any atom is 0.338 e. The van der Waals surface area contributed by atoms with Gasteiger partial charge in [0, 0.05) is 11.1 Å². The van der Waals surface area contributed by atoms with Gasteiger partial charge >= 0.3 is 5.97 Å². The zero-order chi connectivity index (χ0) is 19.4. The molecule has 0 spiro atoms. The predicted molar refractivity (Wildman–Crippen MR) is 100 cm³/mol. The van der Waals surface area contributed by atoms with Crippen LogP contribution in [0.5, 0.6) is 0 Å². The minimum Gasteiger partial charge on any atom is -0.452 e. The molecular weight excluding hydrogens is 372 g/mol. The van der Waals surface area contributed by atoms with Gasteiger partial charge in [0.2, 0.25) is 0 Å². The summed E-state index contributed by atoms with van der Waals surface area (Å²) < 4.78 is 5.03. The van der Waals surface area contributed by atoms with Gasteiger partial charge in [-0.05, 0) is 61.1 Å². The number of hydrogen-bond acceptors (Lipinski definition) is 5. The molecule has 1 amide bonds. The molecule has 0 saturated carbocycles. The number of anilines is 1. The van der Waals surface area contributed by atoms with Crippen LogP contribution in [-0.2, 0) is 22.4 Å². The Labute approximate surface area is 160 Å². The molecule has 0 heterocycles. The zero-order valence-electron chi connectivity index (χ0n) is 14.4. The summed E-state index contributed by atoms with van der Waals surface area (Å²) in [6.07, 6.45) is 4.17. The first-order valence-corrected chi connectivity index (χ1v) is 8.84. The van der Waals surface area contributed by atoms with E-state index in [1.54, 1.807) is 12.1 Å². The number of nitro groups is 1. The Kier molecular flexibility index (Phi) is 5.71. The molecular formula is C19H17ClN2O5. The maximum atomic E-state index is 12.2. The lowest BCUT2D eigenvalue weighted by Crippen LogP contribution is -2.21. The van der Waals surface area contributed by atoms with Crippen molar-refractivity contribution in [1.29, 1.82) is 0 Å². The quantitative estimate of drug-likeness (QED) is 0.475. The van der Waals surface area contributed by atoms with Gasteiger partial charge in [0.15, 0.2) is 6.61 Å². The van der Waals surface area contributed by atoms with Gasteiger partial charge in [-0.15, -0.1) is 0 Å². The number of carbonyl (C=O) groups excluding carboxylic acids is 2. The molecule has 2 aromatic carbocycles. The monoisotopic (exact) mass is 388 g/mol. The maximum absolute atomic E-state index is 12.2. The molecule has 8 heteroatoms. The van der Waals surface area contributed by atoms with Gasteiger partial charge in [0.1, 0.15) is 5.69 Å². The fraction of sp³-hybridized carbons (Fsp3) is 0.263. The van der Waals surface area contributed by atoms with Crippen molar-refractivity contribution in [3.05, 3.63) is 68.2 Å². The van der Waals surface area contributed by atoms with Gasteiger partial charge in [-0.1, -0.05) is 17.7 Å². The first-order chi connectivity index (χ1) is 12.9. The van der Waals surface area contributed by atoms with Crippen molar-refractivity contribution in [3.8, 4) is 0 Å². The van der Waals surface area contributed by atoms with Gasteiger partial charge in [-0.2, -0.15) is 0 Å². The van der Waals surface area contributed by atoms with Crippen molar-refractivity contribution in [2.45, 2.75) is 25.7 Å². The van der Waals surface area contributed by atoms with E-state index in [9.17, 15) is 19.7 Å². The standard InChI is InChI=1S/C19H17ClN2O5/c20-15-7-8-16(17(10-15)22(25)26)21-18(23)11-27-19(24)14-6-5-12-3-1-2-4-13(12)9-14/h5-10H,1-4,11H2,(H,21,23). The van der Waals surface area contributed by atoms with E-state index < -0.39 is 23.4 Å². The molecule has 0 saturated heterocycles. The SMILES string of the molecule is O=C(COC(=O)c1ccc2c(c1)CCCC2)Nc1ccc(Cl)cc1[N+](=O)[O-]. The Morgan fingerprint density at radius 3 is 2.59 bits per heavy atom.